The van der Waals surface area contributed by atoms with Gasteiger partial charge in [-0.05, 0) is 0 Å². The molecule has 0 saturated carbocycles. The molecule has 0 amide bonds. The largest absolute Gasteiger partial charge is 1.00 e. The molecule has 0 heterocycles. The van der Waals surface area contributed by atoms with Crippen LogP contribution in [0, 0.1) is 0 Å². The van der Waals surface area contributed by atoms with Gasteiger partial charge < -0.3 is 5.40 Å². The first-order valence-electron chi connectivity index (χ1n) is 3.94. The molecule has 11 heavy (non-hydrogen) atoms. The molecular formula is C8H20NNaSi. The first-order valence-corrected chi connectivity index (χ1v) is 6.52. The molecule has 0 spiro atoms. The van der Waals surface area contributed by atoms with Crippen molar-refractivity contribution in [1.82, 2.24) is 0 Å². The van der Waals surface area contributed by atoms with E-state index in [0.717, 1.165) is 0 Å². The van der Waals surface area contributed by atoms with Crippen LogP contribution in [0.3, 0.4) is 0 Å². The van der Waals surface area contributed by atoms with Crippen molar-refractivity contribution in [2.75, 3.05) is 0 Å². The average Bonchev–Trinajstić information content (AvgIpc) is 1.62. The Morgan fingerprint density at radius 2 is 1.45 bits per heavy atom. The van der Waals surface area contributed by atoms with Gasteiger partial charge in [-0.15, -0.1) is 0 Å². The van der Waals surface area contributed by atoms with E-state index in [1.165, 1.54) is 0 Å². The summed E-state index contributed by atoms with van der Waals surface area (Å²) in [5.41, 5.74) is 0.562. The van der Waals surface area contributed by atoms with E-state index in [4.69, 9.17) is 5.40 Å². The molecule has 1 nitrogen and oxygen atoms in total. The van der Waals surface area contributed by atoms with E-state index >= 15 is 0 Å². The van der Waals surface area contributed by atoms with Crippen LogP contribution in [0.4, 0.5) is 0 Å². The van der Waals surface area contributed by atoms with Gasteiger partial charge in [0.05, 0.1) is 0 Å². The fourth-order valence-electron chi connectivity index (χ4n) is 0.866. The normalized spacial score (nSPS) is 17.5. The van der Waals surface area contributed by atoms with Gasteiger partial charge in [-0.1, -0.05) is 60.0 Å². The molecule has 1 atom stereocenters. The summed E-state index contributed by atoms with van der Waals surface area (Å²) < 4.78 is 0. The van der Waals surface area contributed by atoms with E-state index in [1.54, 1.807) is 0 Å². The van der Waals surface area contributed by atoms with Crippen molar-refractivity contribution in [2.45, 2.75) is 51.7 Å². The SMILES string of the molecule is CC(C)[Si](C)([NH-])C(C)(C)C.[Na+]. The van der Waals surface area contributed by atoms with Crippen molar-refractivity contribution in [2.24, 2.45) is 0 Å². The van der Waals surface area contributed by atoms with Crippen LogP contribution >= 0.6 is 0 Å². The van der Waals surface area contributed by atoms with E-state index in [0.29, 0.717) is 5.54 Å². The number of rotatable bonds is 1. The van der Waals surface area contributed by atoms with Crippen LogP contribution in [0.1, 0.15) is 34.6 Å². The maximum atomic E-state index is 8.17. The molecule has 0 rings (SSSR count). The van der Waals surface area contributed by atoms with Crippen molar-refractivity contribution < 1.29 is 29.6 Å². The Bertz CT molecular complexity index is 116. The third kappa shape index (κ3) is 3.60. The van der Waals surface area contributed by atoms with Crippen LogP contribution in [0.25, 0.3) is 5.40 Å². The molecule has 0 saturated heterocycles. The summed E-state index contributed by atoms with van der Waals surface area (Å²) in [6, 6.07) is 0. The predicted molar refractivity (Wildman–Crippen MR) is 50.8 cm³/mol. The van der Waals surface area contributed by atoms with E-state index in [2.05, 4.69) is 41.2 Å². The van der Waals surface area contributed by atoms with Crippen molar-refractivity contribution in [1.29, 1.82) is 0 Å². The summed E-state index contributed by atoms with van der Waals surface area (Å²) >= 11 is 0. The second-order valence-corrected chi connectivity index (χ2v) is 9.67. The molecule has 62 valence electrons. The van der Waals surface area contributed by atoms with Gasteiger partial charge >= 0.3 is 29.6 Å². The Labute approximate surface area is 94.5 Å². The zero-order valence-electron chi connectivity index (χ0n) is 9.08. The van der Waals surface area contributed by atoms with Crippen LogP contribution in [-0.4, -0.2) is 8.24 Å². The molecule has 0 bridgehead atoms. The third-order valence-corrected chi connectivity index (χ3v) is 8.14. The van der Waals surface area contributed by atoms with E-state index in [9.17, 15) is 0 Å². The standard InChI is InChI=1S/C8H20NSi.Na/c1-7(2)10(6,9)8(3,4)5;/h7,9H,1-6H3;/q-1;+1. The summed E-state index contributed by atoms with van der Waals surface area (Å²) in [4.78, 5) is 0. The number of hydrogen-bond acceptors (Lipinski definition) is 0. The van der Waals surface area contributed by atoms with Crippen molar-refractivity contribution in [3.05, 3.63) is 5.40 Å². The number of hydrogen-bond donors (Lipinski definition) is 0. The summed E-state index contributed by atoms with van der Waals surface area (Å²) in [6.07, 6.45) is 0. The van der Waals surface area contributed by atoms with Gasteiger partial charge in [-0.3, -0.25) is 0 Å². The minimum absolute atomic E-state index is 0. The maximum absolute atomic E-state index is 8.17. The summed E-state index contributed by atoms with van der Waals surface area (Å²) in [6.45, 7) is 13.1. The Morgan fingerprint density at radius 1 is 1.18 bits per heavy atom. The second kappa shape index (κ2) is 4.42. The molecule has 0 aromatic carbocycles. The molecule has 1 unspecified atom stereocenters. The molecule has 0 aliphatic heterocycles. The van der Waals surface area contributed by atoms with E-state index in [-0.39, 0.29) is 34.6 Å². The Balaban J connectivity index is 0. The van der Waals surface area contributed by atoms with Gasteiger partial charge in [-0.25, -0.2) is 0 Å². The quantitative estimate of drug-likeness (QED) is 0.535. The van der Waals surface area contributed by atoms with Gasteiger partial charge in [0.15, 0.2) is 0 Å². The zero-order chi connectivity index (χ0) is 8.58. The molecule has 0 radical (unpaired) electrons. The molecular weight excluding hydrogens is 161 g/mol. The third-order valence-electron chi connectivity index (χ3n) is 2.71. The molecule has 0 fully saturated rings. The van der Waals surface area contributed by atoms with Gasteiger partial charge in [-0.2, -0.15) is 0 Å². The predicted octanol–water partition coefficient (Wildman–Crippen LogP) is 0.828. The van der Waals surface area contributed by atoms with Crippen LogP contribution < -0.4 is 29.6 Å². The van der Waals surface area contributed by atoms with Crippen molar-refractivity contribution in [3.63, 3.8) is 0 Å². The van der Waals surface area contributed by atoms with Gasteiger partial charge in [0.1, 0.15) is 0 Å². The molecule has 0 aliphatic rings. The molecule has 3 heteroatoms. The van der Waals surface area contributed by atoms with Crippen molar-refractivity contribution >= 4 is 8.24 Å². The fraction of sp³-hybridized carbons (Fsp3) is 1.00. The Morgan fingerprint density at radius 3 is 1.45 bits per heavy atom. The monoisotopic (exact) mass is 181 g/mol. The van der Waals surface area contributed by atoms with E-state index < -0.39 is 8.24 Å². The molecule has 0 aliphatic carbocycles. The average molecular weight is 181 g/mol. The minimum Gasteiger partial charge on any atom is -0.679 e. The number of nitrogens with one attached hydrogen (secondary N) is 1. The summed E-state index contributed by atoms with van der Waals surface area (Å²) in [5, 5.41) is 8.39. The van der Waals surface area contributed by atoms with Crippen molar-refractivity contribution in [3.8, 4) is 0 Å². The molecule has 0 aromatic rings. The Hall–Kier alpha value is 1.18. The first kappa shape index (κ1) is 14.7. The van der Waals surface area contributed by atoms with Crippen LogP contribution in [0.2, 0.25) is 17.1 Å². The fourth-order valence-corrected chi connectivity index (χ4v) is 2.60. The van der Waals surface area contributed by atoms with Gasteiger partial charge in [0.25, 0.3) is 0 Å². The topological polar surface area (TPSA) is 23.8 Å². The molecule has 0 aromatic heterocycles. The smallest absolute Gasteiger partial charge is 0.679 e. The maximum Gasteiger partial charge on any atom is 1.00 e. The first-order chi connectivity index (χ1) is 4.19. The summed E-state index contributed by atoms with van der Waals surface area (Å²) in [7, 11) is -1.73. The Kier molecular flexibility index (Phi) is 5.91. The van der Waals surface area contributed by atoms with Gasteiger partial charge in [0.2, 0.25) is 0 Å². The van der Waals surface area contributed by atoms with E-state index in [1.807, 2.05) is 0 Å². The summed E-state index contributed by atoms with van der Waals surface area (Å²) in [5.74, 6) is 0. The van der Waals surface area contributed by atoms with Crippen LogP contribution in [0.5, 0.6) is 0 Å². The van der Waals surface area contributed by atoms with Crippen LogP contribution in [-0.2, 0) is 0 Å². The molecule has 1 N–H and O–H groups in total. The van der Waals surface area contributed by atoms with Gasteiger partial charge in [0, 0.05) is 0 Å². The second-order valence-electron chi connectivity index (χ2n) is 4.61. The zero-order valence-corrected chi connectivity index (χ0v) is 12.1. The van der Waals surface area contributed by atoms with Crippen LogP contribution in [0.15, 0.2) is 0 Å². The minimum atomic E-state index is -1.73.